The normalized spacial score (nSPS) is 11.7. The molecule has 2 aromatic rings. The minimum Gasteiger partial charge on any atom is -0.497 e. The monoisotopic (exact) mass is 376 g/mol. The van der Waals surface area contributed by atoms with Gasteiger partial charge in [-0.25, -0.2) is 0 Å². The number of rotatable bonds is 9. The van der Waals surface area contributed by atoms with E-state index in [0.29, 0.717) is 30.0 Å². The Morgan fingerprint density at radius 2 is 1.96 bits per heavy atom. The molecule has 7 nitrogen and oxygen atoms in total. The quantitative estimate of drug-likeness (QED) is 0.702. The van der Waals surface area contributed by atoms with E-state index in [2.05, 4.69) is 20.8 Å². The maximum absolute atomic E-state index is 12.2. The van der Waals surface area contributed by atoms with Crippen LogP contribution in [0.4, 0.5) is 5.69 Å². The van der Waals surface area contributed by atoms with Crippen molar-refractivity contribution in [1.82, 2.24) is 15.5 Å². The number of aryl methyl sites for hydroxylation is 1. The van der Waals surface area contributed by atoms with Crippen molar-refractivity contribution in [3.63, 3.8) is 0 Å². The molecule has 0 aliphatic carbocycles. The number of carbonyl (C=O) groups is 2. The zero-order chi connectivity index (χ0) is 18.9. The molecule has 0 saturated heterocycles. The molecule has 8 heteroatoms. The molecule has 0 bridgehead atoms. The molecule has 2 amide bonds. The number of ether oxygens (including phenoxy) is 1. The molecule has 0 fully saturated rings. The van der Waals surface area contributed by atoms with Gasteiger partial charge in [-0.15, -0.1) is 10.2 Å². The molecule has 1 atom stereocenters. The molecule has 0 spiro atoms. The van der Waals surface area contributed by atoms with E-state index in [1.54, 1.807) is 31.4 Å². The third kappa shape index (κ3) is 6.11. The van der Waals surface area contributed by atoms with Gasteiger partial charge < -0.3 is 15.4 Å². The number of benzene rings is 1. The molecule has 0 aliphatic rings. The molecule has 26 heavy (non-hydrogen) atoms. The van der Waals surface area contributed by atoms with Gasteiger partial charge in [-0.2, -0.15) is 0 Å². The first-order valence-corrected chi connectivity index (χ1v) is 9.40. The number of carbonyl (C=O) groups excluding carboxylic acids is 2. The van der Waals surface area contributed by atoms with Gasteiger partial charge in [-0.3, -0.25) is 9.59 Å². The molecule has 2 N–H and O–H groups in total. The van der Waals surface area contributed by atoms with Crippen LogP contribution in [0.3, 0.4) is 0 Å². The van der Waals surface area contributed by atoms with Crippen LogP contribution in [0.5, 0.6) is 5.75 Å². The first kappa shape index (κ1) is 19.8. The van der Waals surface area contributed by atoms with Gasteiger partial charge in [0.2, 0.25) is 10.9 Å². The highest BCUT2D eigenvalue weighted by Crippen LogP contribution is 2.18. The Bertz CT molecular complexity index is 730. The lowest BCUT2D eigenvalue weighted by molar-refractivity contribution is -0.121. The number of amides is 2. The Morgan fingerprint density at radius 1 is 1.23 bits per heavy atom. The Hall–Kier alpha value is -2.48. The van der Waals surface area contributed by atoms with E-state index in [9.17, 15) is 9.59 Å². The average molecular weight is 376 g/mol. The SMILES string of the molecule is CC[C@H](C)NC(=O)CCCc1nnc(C(=O)Nc2ccc(OC)cc2)s1. The molecule has 140 valence electrons. The highest BCUT2D eigenvalue weighted by molar-refractivity contribution is 7.13. The van der Waals surface area contributed by atoms with Crippen molar-refractivity contribution < 1.29 is 14.3 Å². The van der Waals surface area contributed by atoms with Gasteiger partial charge in [0, 0.05) is 24.6 Å². The van der Waals surface area contributed by atoms with E-state index in [1.807, 2.05) is 13.8 Å². The average Bonchev–Trinajstić information content (AvgIpc) is 3.11. The summed E-state index contributed by atoms with van der Waals surface area (Å²) in [7, 11) is 1.59. The summed E-state index contributed by atoms with van der Waals surface area (Å²) in [6.45, 7) is 4.01. The topological polar surface area (TPSA) is 93.2 Å². The summed E-state index contributed by atoms with van der Waals surface area (Å²) in [4.78, 5) is 24.0. The number of methoxy groups -OCH3 is 1. The maximum atomic E-state index is 12.2. The fraction of sp³-hybridized carbons (Fsp3) is 0.444. The molecule has 1 aromatic carbocycles. The van der Waals surface area contributed by atoms with Crippen LogP contribution in [-0.2, 0) is 11.2 Å². The molecular formula is C18H24N4O3S. The third-order valence-electron chi connectivity index (χ3n) is 3.82. The van der Waals surface area contributed by atoms with Crippen LogP contribution in [0, 0.1) is 0 Å². The predicted molar refractivity (Wildman–Crippen MR) is 102 cm³/mol. The third-order valence-corrected chi connectivity index (χ3v) is 4.81. The number of nitrogens with zero attached hydrogens (tertiary/aromatic N) is 2. The van der Waals surface area contributed by atoms with E-state index in [4.69, 9.17) is 4.74 Å². The van der Waals surface area contributed by atoms with Crippen molar-refractivity contribution in [3.8, 4) is 5.75 Å². The summed E-state index contributed by atoms with van der Waals surface area (Å²) in [5.41, 5.74) is 0.661. The van der Waals surface area contributed by atoms with Crippen molar-refractivity contribution in [2.75, 3.05) is 12.4 Å². The summed E-state index contributed by atoms with van der Waals surface area (Å²) in [6.07, 6.45) is 2.66. The molecule has 0 unspecified atom stereocenters. The van der Waals surface area contributed by atoms with Gasteiger partial charge in [0.25, 0.3) is 5.91 Å². The van der Waals surface area contributed by atoms with Crippen molar-refractivity contribution in [3.05, 3.63) is 34.3 Å². The van der Waals surface area contributed by atoms with Crippen molar-refractivity contribution in [2.45, 2.75) is 45.6 Å². The predicted octanol–water partition coefficient (Wildman–Crippen LogP) is 3.04. The van der Waals surface area contributed by atoms with Crippen LogP contribution in [0.2, 0.25) is 0 Å². The van der Waals surface area contributed by atoms with Crippen LogP contribution in [0.25, 0.3) is 0 Å². The summed E-state index contributed by atoms with van der Waals surface area (Å²) < 4.78 is 5.08. The Balaban J connectivity index is 1.80. The summed E-state index contributed by atoms with van der Waals surface area (Å²) >= 11 is 1.25. The van der Waals surface area contributed by atoms with E-state index in [-0.39, 0.29) is 17.9 Å². The van der Waals surface area contributed by atoms with Crippen molar-refractivity contribution >= 4 is 28.8 Å². The fourth-order valence-corrected chi connectivity index (χ4v) is 2.93. The number of hydrogen-bond acceptors (Lipinski definition) is 6. The van der Waals surface area contributed by atoms with Crippen LogP contribution in [-0.4, -0.2) is 35.2 Å². The smallest absolute Gasteiger partial charge is 0.286 e. The van der Waals surface area contributed by atoms with Gasteiger partial charge >= 0.3 is 0 Å². The van der Waals surface area contributed by atoms with Crippen molar-refractivity contribution in [1.29, 1.82) is 0 Å². The highest BCUT2D eigenvalue weighted by atomic mass is 32.1. The largest absolute Gasteiger partial charge is 0.497 e. The zero-order valence-corrected chi connectivity index (χ0v) is 16.1. The maximum Gasteiger partial charge on any atom is 0.286 e. The van der Waals surface area contributed by atoms with Crippen molar-refractivity contribution in [2.24, 2.45) is 0 Å². The molecule has 0 aliphatic heterocycles. The Morgan fingerprint density at radius 3 is 2.62 bits per heavy atom. The second-order valence-electron chi connectivity index (χ2n) is 5.91. The van der Waals surface area contributed by atoms with Gasteiger partial charge in [-0.1, -0.05) is 18.3 Å². The first-order chi connectivity index (χ1) is 12.5. The minimum absolute atomic E-state index is 0.0429. The lowest BCUT2D eigenvalue weighted by Crippen LogP contribution is -2.31. The number of nitrogens with one attached hydrogen (secondary N) is 2. The number of anilines is 1. The molecule has 1 aromatic heterocycles. The van der Waals surface area contributed by atoms with E-state index in [0.717, 1.165) is 17.2 Å². The van der Waals surface area contributed by atoms with Crippen LogP contribution < -0.4 is 15.4 Å². The highest BCUT2D eigenvalue weighted by Gasteiger charge is 2.14. The molecule has 1 heterocycles. The summed E-state index contributed by atoms with van der Waals surface area (Å²) in [5.74, 6) is 0.466. The van der Waals surface area contributed by atoms with Crippen LogP contribution in [0.15, 0.2) is 24.3 Å². The lowest BCUT2D eigenvalue weighted by Gasteiger charge is -2.10. The van der Waals surface area contributed by atoms with E-state index >= 15 is 0 Å². The van der Waals surface area contributed by atoms with Gasteiger partial charge in [0.15, 0.2) is 0 Å². The molecule has 2 rings (SSSR count). The van der Waals surface area contributed by atoms with Crippen LogP contribution in [0.1, 0.15) is 47.9 Å². The van der Waals surface area contributed by atoms with Crippen LogP contribution >= 0.6 is 11.3 Å². The Labute approximate surface area is 157 Å². The molecule has 0 radical (unpaired) electrons. The first-order valence-electron chi connectivity index (χ1n) is 8.59. The second kappa shape index (κ2) is 9.86. The molecule has 0 saturated carbocycles. The zero-order valence-electron chi connectivity index (χ0n) is 15.2. The standard InChI is InChI=1S/C18H24N4O3S/c1-4-12(2)19-15(23)6-5-7-16-21-22-18(26-16)17(24)20-13-8-10-14(25-3)11-9-13/h8-12H,4-7H2,1-3H3,(H,19,23)(H,20,24)/t12-/m0/s1. The van der Waals surface area contributed by atoms with Gasteiger partial charge in [0.05, 0.1) is 7.11 Å². The fourth-order valence-electron chi connectivity index (χ4n) is 2.15. The Kier molecular flexibility index (Phi) is 7.53. The van der Waals surface area contributed by atoms with E-state index in [1.165, 1.54) is 11.3 Å². The summed E-state index contributed by atoms with van der Waals surface area (Å²) in [6, 6.07) is 7.25. The van der Waals surface area contributed by atoms with E-state index < -0.39 is 0 Å². The second-order valence-corrected chi connectivity index (χ2v) is 6.98. The molecular weight excluding hydrogens is 352 g/mol. The minimum atomic E-state index is -0.298. The number of hydrogen-bond donors (Lipinski definition) is 2. The van der Waals surface area contributed by atoms with Gasteiger partial charge in [-0.05, 0) is 44.0 Å². The van der Waals surface area contributed by atoms with Gasteiger partial charge in [0.1, 0.15) is 10.8 Å². The number of aromatic nitrogens is 2. The lowest BCUT2D eigenvalue weighted by atomic mass is 10.2. The summed E-state index contributed by atoms with van der Waals surface area (Å²) in [5, 5.41) is 14.7.